The number of nitrogens with one attached hydrogen (secondary N) is 2. The van der Waals surface area contributed by atoms with E-state index in [-0.39, 0.29) is 33.2 Å². The molecule has 0 aliphatic carbocycles. The average molecular weight is 415 g/mol. The Bertz CT molecular complexity index is 1110. The van der Waals surface area contributed by atoms with Crippen LogP contribution in [0.3, 0.4) is 0 Å². The Morgan fingerprint density at radius 1 is 1.29 bits per heavy atom. The molecule has 0 bridgehead atoms. The number of rotatable bonds is 5. The lowest BCUT2D eigenvalue weighted by Crippen LogP contribution is -2.01. The second-order valence-electron chi connectivity index (χ2n) is 5.76. The van der Waals surface area contributed by atoms with Crippen molar-refractivity contribution in [2.24, 2.45) is 0 Å². The van der Waals surface area contributed by atoms with Gasteiger partial charge in [0.05, 0.1) is 16.2 Å². The molecule has 3 rings (SSSR count). The monoisotopic (exact) mass is 414 g/mol. The predicted octanol–water partition coefficient (Wildman–Crippen LogP) is 6.15. The lowest BCUT2D eigenvalue weighted by Gasteiger charge is -2.10. The molecule has 5 nitrogen and oxygen atoms in total. The van der Waals surface area contributed by atoms with E-state index in [4.69, 9.17) is 33.1 Å². The summed E-state index contributed by atoms with van der Waals surface area (Å²) in [5, 5.41) is 25.0. The second kappa shape index (κ2) is 8.26. The van der Waals surface area contributed by atoms with Crippen LogP contribution in [0.15, 0.2) is 52.7 Å². The Labute approximate surface area is 170 Å². The number of benzene rings is 2. The number of anilines is 1. The fourth-order valence-corrected chi connectivity index (χ4v) is 3.11. The SMILES string of the molecule is C/C(Nc1cccc(Cl)c1)=C(/C=N)c1onc(-c2c(F)cccc2Cl)c1C#N. The van der Waals surface area contributed by atoms with Crippen molar-refractivity contribution in [3.05, 3.63) is 75.3 Å². The van der Waals surface area contributed by atoms with Crippen molar-refractivity contribution in [1.82, 2.24) is 5.16 Å². The summed E-state index contributed by atoms with van der Waals surface area (Å²) < 4.78 is 19.6. The summed E-state index contributed by atoms with van der Waals surface area (Å²) in [6, 6.07) is 13.2. The van der Waals surface area contributed by atoms with Crippen LogP contribution in [-0.2, 0) is 0 Å². The minimum atomic E-state index is -0.627. The summed E-state index contributed by atoms with van der Waals surface area (Å²) in [7, 11) is 0. The highest BCUT2D eigenvalue weighted by Gasteiger charge is 2.24. The summed E-state index contributed by atoms with van der Waals surface area (Å²) in [5.74, 6) is -0.586. The number of nitrogens with zero attached hydrogens (tertiary/aromatic N) is 2. The standard InChI is InChI=1S/C20H13Cl2FN4O/c1-11(26-13-5-2-4-12(21)8-13)14(9-24)20-15(10-25)19(27-28-20)18-16(22)6-3-7-17(18)23/h2-9,24,26H,1H3/b14-11+,24-9?. The van der Waals surface area contributed by atoms with Crippen LogP contribution in [0.5, 0.6) is 0 Å². The minimum Gasteiger partial charge on any atom is -0.358 e. The quantitative estimate of drug-likeness (QED) is 0.490. The molecule has 2 aromatic carbocycles. The van der Waals surface area contributed by atoms with Gasteiger partial charge in [-0.15, -0.1) is 0 Å². The molecule has 0 saturated carbocycles. The van der Waals surface area contributed by atoms with Gasteiger partial charge in [0.15, 0.2) is 5.76 Å². The molecule has 0 unspecified atom stereocenters. The van der Waals surface area contributed by atoms with Crippen LogP contribution in [0.4, 0.5) is 10.1 Å². The predicted molar refractivity (Wildman–Crippen MR) is 108 cm³/mol. The Morgan fingerprint density at radius 3 is 2.68 bits per heavy atom. The third kappa shape index (κ3) is 3.77. The molecule has 3 aromatic rings. The Balaban J connectivity index is 2.11. The van der Waals surface area contributed by atoms with E-state index in [1.165, 1.54) is 18.2 Å². The van der Waals surface area contributed by atoms with Crippen LogP contribution >= 0.6 is 23.2 Å². The molecular weight excluding hydrogens is 402 g/mol. The molecule has 8 heteroatoms. The number of hydrogen-bond acceptors (Lipinski definition) is 5. The Kier molecular flexibility index (Phi) is 5.78. The van der Waals surface area contributed by atoms with Gasteiger partial charge in [-0.3, -0.25) is 0 Å². The van der Waals surface area contributed by atoms with Gasteiger partial charge in [0.1, 0.15) is 23.1 Å². The highest BCUT2D eigenvalue weighted by molar-refractivity contribution is 6.33. The van der Waals surface area contributed by atoms with Crippen molar-refractivity contribution in [1.29, 1.82) is 10.7 Å². The molecule has 28 heavy (non-hydrogen) atoms. The third-order valence-electron chi connectivity index (χ3n) is 3.95. The van der Waals surface area contributed by atoms with Crippen LogP contribution in [-0.4, -0.2) is 11.4 Å². The van der Waals surface area contributed by atoms with Gasteiger partial charge in [0, 0.05) is 22.6 Å². The summed E-state index contributed by atoms with van der Waals surface area (Å²) in [5.41, 5.74) is 1.44. The second-order valence-corrected chi connectivity index (χ2v) is 6.61. The van der Waals surface area contributed by atoms with Gasteiger partial charge in [-0.1, -0.05) is 40.5 Å². The van der Waals surface area contributed by atoms with Crippen LogP contribution in [0, 0.1) is 22.6 Å². The van der Waals surface area contributed by atoms with E-state index in [0.29, 0.717) is 16.4 Å². The molecular formula is C20H13Cl2FN4O. The first kappa shape index (κ1) is 19.6. The van der Waals surface area contributed by atoms with Crippen LogP contribution in [0.2, 0.25) is 10.0 Å². The van der Waals surface area contributed by atoms with Crippen molar-refractivity contribution in [2.45, 2.75) is 6.92 Å². The van der Waals surface area contributed by atoms with E-state index >= 15 is 0 Å². The summed E-state index contributed by atoms with van der Waals surface area (Å²) >= 11 is 12.1. The van der Waals surface area contributed by atoms with Crippen LogP contribution in [0.25, 0.3) is 16.8 Å². The van der Waals surface area contributed by atoms with Crippen LogP contribution < -0.4 is 5.32 Å². The van der Waals surface area contributed by atoms with Crippen molar-refractivity contribution in [3.8, 4) is 17.3 Å². The number of hydrogen-bond donors (Lipinski definition) is 2. The molecule has 2 N–H and O–H groups in total. The largest absolute Gasteiger partial charge is 0.358 e. The first-order valence-electron chi connectivity index (χ1n) is 8.04. The van der Waals surface area contributed by atoms with Gasteiger partial charge in [-0.05, 0) is 37.3 Å². The smallest absolute Gasteiger partial charge is 0.188 e. The van der Waals surface area contributed by atoms with E-state index in [0.717, 1.165) is 6.21 Å². The molecule has 1 aromatic heterocycles. The summed E-state index contributed by atoms with van der Waals surface area (Å²) in [6.07, 6.45) is 1.03. The molecule has 0 spiro atoms. The van der Waals surface area contributed by atoms with E-state index in [2.05, 4.69) is 10.5 Å². The van der Waals surface area contributed by atoms with Gasteiger partial charge < -0.3 is 15.2 Å². The zero-order valence-electron chi connectivity index (χ0n) is 14.6. The summed E-state index contributed by atoms with van der Waals surface area (Å²) in [4.78, 5) is 0. The first-order valence-corrected chi connectivity index (χ1v) is 8.80. The Morgan fingerprint density at radius 2 is 2.04 bits per heavy atom. The number of allylic oxidation sites excluding steroid dienone is 2. The van der Waals surface area contributed by atoms with Gasteiger partial charge in [0.25, 0.3) is 0 Å². The van der Waals surface area contributed by atoms with Gasteiger partial charge in [-0.2, -0.15) is 5.26 Å². The van der Waals surface area contributed by atoms with Crippen molar-refractivity contribution in [2.75, 3.05) is 5.32 Å². The number of halogens is 3. The fraction of sp³-hybridized carbons (Fsp3) is 0.0500. The zero-order valence-corrected chi connectivity index (χ0v) is 16.1. The fourth-order valence-electron chi connectivity index (χ4n) is 2.67. The van der Waals surface area contributed by atoms with Crippen molar-refractivity contribution in [3.63, 3.8) is 0 Å². The number of nitriles is 1. The maximum Gasteiger partial charge on any atom is 0.188 e. The van der Waals surface area contributed by atoms with E-state index in [1.807, 2.05) is 6.07 Å². The summed E-state index contributed by atoms with van der Waals surface area (Å²) in [6.45, 7) is 1.71. The molecule has 0 aliphatic rings. The molecule has 140 valence electrons. The van der Waals surface area contributed by atoms with Gasteiger partial charge in [0.2, 0.25) is 0 Å². The lowest BCUT2D eigenvalue weighted by molar-refractivity contribution is 0.413. The van der Waals surface area contributed by atoms with Gasteiger partial charge >= 0.3 is 0 Å². The van der Waals surface area contributed by atoms with Gasteiger partial charge in [-0.25, -0.2) is 4.39 Å². The topological polar surface area (TPSA) is 85.7 Å². The Hall–Kier alpha value is -3.14. The highest BCUT2D eigenvalue weighted by atomic mass is 35.5. The highest BCUT2D eigenvalue weighted by Crippen LogP contribution is 2.35. The number of aromatic nitrogens is 1. The first-order chi connectivity index (χ1) is 13.5. The molecule has 0 aliphatic heterocycles. The normalized spacial score (nSPS) is 11.5. The van der Waals surface area contributed by atoms with Crippen LogP contribution in [0.1, 0.15) is 18.2 Å². The molecule has 0 radical (unpaired) electrons. The van der Waals surface area contributed by atoms with E-state index in [1.54, 1.807) is 31.2 Å². The molecule has 0 atom stereocenters. The molecule has 0 saturated heterocycles. The molecule has 0 amide bonds. The van der Waals surface area contributed by atoms with Crippen molar-refractivity contribution >= 4 is 40.7 Å². The van der Waals surface area contributed by atoms with E-state index < -0.39 is 5.82 Å². The average Bonchev–Trinajstić information content (AvgIpc) is 3.05. The van der Waals surface area contributed by atoms with E-state index in [9.17, 15) is 9.65 Å². The maximum absolute atomic E-state index is 14.3. The molecule has 1 heterocycles. The van der Waals surface area contributed by atoms with Crippen molar-refractivity contribution < 1.29 is 8.91 Å². The molecule has 0 fully saturated rings. The third-order valence-corrected chi connectivity index (χ3v) is 4.50. The minimum absolute atomic E-state index is 0.0160. The lowest BCUT2D eigenvalue weighted by atomic mass is 10.0. The maximum atomic E-state index is 14.3. The zero-order chi connectivity index (χ0) is 20.3.